The minimum Gasteiger partial charge on any atom is -0.489 e. The third kappa shape index (κ3) is 4.95. The molecule has 7 heteroatoms. The van der Waals surface area contributed by atoms with Gasteiger partial charge in [0.2, 0.25) is 0 Å². The van der Waals surface area contributed by atoms with Crippen LogP contribution in [-0.4, -0.2) is 65.3 Å². The Hall–Kier alpha value is -3.94. The zero-order valence-electron chi connectivity index (χ0n) is 21.6. The number of carbonyl (C=O) groups is 1. The minimum atomic E-state index is -0.225. The second-order valence-electron chi connectivity index (χ2n) is 9.93. The number of nitrogens with zero attached hydrogens (tertiary/aromatic N) is 3. The quantitative estimate of drug-likeness (QED) is 0.369. The number of ether oxygens (including phenoxy) is 2. The first-order chi connectivity index (χ1) is 18.7. The number of hydrogen-bond donors (Lipinski definition) is 1. The number of hydrogen-bond acceptors (Lipinski definition) is 5. The molecule has 0 bridgehead atoms. The lowest BCUT2D eigenvalue weighted by molar-refractivity contribution is 0.0316. The number of H-pyrrole nitrogens is 1. The Balaban J connectivity index is 1.30. The van der Waals surface area contributed by atoms with E-state index in [0.29, 0.717) is 18.8 Å². The average molecular weight is 509 g/mol. The summed E-state index contributed by atoms with van der Waals surface area (Å²) in [6.07, 6.45) is 0. The number of aromatic amines is 1. The highest BCUT2D eigenvalue weighted by Crippen LogP contribution is 2.43. The molecule has 1 atom stereocenters. The first-order valence-corrected chi connectivity index (χ1v) is 13.2. The van der Waals surface area contributed by atoms with Gasteiger partial charge in [0.1, 0.15) is 18.1 Å². The molecule has 1 amide bonds. The third-order valence-electron chi connectivity index (χ3n) is 7.39. The molecule has 2 aliphatic rings. The summed E-state index contributed by atoms with van der Waals surface area (Å²) in [6.45, 7) is 7.28. The van der Waals surface area contributed by atoms with E-state index in [0.717, 1.165) is 66.5 Å². The van der Waals surface area contributed by atoms with Gasteiger partial charge in [-0.05, 0) is 30.2 Å². The second kappa shape index (κ2) is 10.8. The fraction of sp³-hybridized carbons (Fsp3) is 0.290. The zero-order valence-corrected chi connectivity index (χ0v) is 21.6. The number of amides is 1. The average Bonchev–Trinajstić information content (AvgIpc) is 3.51. The normalized spacial score (nSPS) is 17.6. The number of carbonyl (C=O) groups excluding carboxylic acids is 1. The largest absolute Gasteiger partial charge is 0.489 e. The van der Waals surface area contributed by atoms with Crippen molar-refractivity contribution < 1.29 is 14.3 Å². The third-order valence-corrected chi connectivity index (χ3v) is 7.39. The monoisotopic (exact) mass is 508 g/mol. The van der Waals surface area contributed by atoms with Crippen LogP contribution < -0.4 is 4.74 Å². The Morgan fingerprint density at radius 1 is 0.947 bits per heavy atom. The van der Waals surface area contributed by atoms with Crippen LogP contribution in [0.1, 0.15) is 38.8 Å². The molecule has 0 spiro atoms. The van der Waals surface area contributed by atoms with Gasteiger partial charge in [0.15, 0.2) is 0 Å². The number of benzene rings is 3. The first-order valence-electron chi connectivity index (χ1n) is 13.2. The maximum atomic E-state index is 13.7. The lowest BCUT2D eigenvalue weighted by atomic mass is 9.95. The van der Waals surface area contributed by atoms with Crippen molar-refractivity contribution in [2.24, 2.45) is 0 Å². The van der Waals surface area contributed by atoms with E-state index in [1.807, 2.05) is 35.2 Å². The van der Waals surface area contributed by atoms with Crippen molar-refractivity contribution in [1.82, 2.24) is 20.0 Å². The van der Waals surface area contributed by atoms with Gasteiger partial charge in [-0.25, -0.2) is 0 Å². The Labute approximate surface area is 223 Å². The molecule has 2 aliphatic heterocycles. The number of nitrogens with one attached hydrogen (secondary N) is 1. The summed E-state index contributed by atoms with van der Waals surface area (Å²) in [7, 11) is 0. The zero-order chi connectivity index (χ0) is 25.9. The van der Waals surface area contributed by atoms with Gasteiger partial charge in [-0.1, -0.05) is 72.3 Å². The summed E-state index contributed by atoms with van der Waals surface area (Å²) in [6, 6.07) is 26.3. The molecule has 1 aromatic heterocycles. The van der Waals surface area contributed by atoms with Crippen LogP contribution in [0.15, 0.2) is 78.9 Å². The highest BCUT2D eigenvalue weighted by atomic mass is 16.5. The Bertz CT molecular complexity index is 1380. The molecule has 7 nitrogen and oxygen atoms in total. The van der Waals surface area contributed by atoms with Gasteiger partial charge in [-0.3, -0.25) is 14.8 Å². The lowest BCUT2D eigenvalue weighted by Crippen LogP contribution is -2.42. The summed E-state index contributed by atoms with van der Waals surface area (Å²) in [4.78, 5) is 18.0. The van der Waals surface area contributed by atoms with Gasteiger partial charge in [-0.2, -0.15) is 5.10 Å². The number of aryl methyl sites for hydroxylation is 1. The van der Waals surface area contributed by atoms with Crippen LogP contribution in [0.3, 0.4) is 0 Å². The lowest BCUT2D eigenvalue weighted by Gasteiger charge is -2.31. The minimum absolute atomic E-state index is 0.00600. The molecule has 1 N–H and O–H groups in total. The number of aromatic nitrogens is 2. The van der Waals surface area contributed by atoms with E-state index in [1.165, 1.54) is 5.56 Å². The molecule has 38 heavy (non-hydrogen) atoms. The van der Waals surface area contributed by atoms with Crippen LogP contribution >= 0.6 is 0 Å². The summed E-state index contributed by atoms with van der Waals surface area (Å²) in [5, 5.41) is 7.67. The van der Waals surface area contributed by atoms with Crippen molar-refractivity contribution in [3.05, 3.63) is 107 Å². The van der Waals surface area contributed by atoms with Crippen molar-refractivity contribution in [3.63, 3.8) is 0 Å². The SMILES string of the molecule is Cc1ccc(-c2n[nH]c3c2C(c2ccc(OCc4ccccc4)cc2)N(CCN2CCOCC2)C3=O)cc1. The fourth-order valence-electron chi connectivity index (χ4n) is 5.27. The molecule has 4 aromatic rings. The Kier molecular flexibility index (Phi) is 6.94. The Morgan fingerprint density at radius 3 is 2.42 bits per heavy atom. The van der Waals surface area contributed by atoms with Crippen molar-refractivity contribution in [3.8, 4) is 17.0 Å². The van der Waals surface area contributed by atoms with E-state index in [2.05, 4.69) is 70.6 Å². The molecular weight excluding hydrogens is 476 g/mol. The summed E-state index contributed by atoms with van der Waals surface area (Å²) in [5.41, 5.74) is 6.71. The van der Waals surface area contributed by atoms with Crippen molar-refractivity contribution in [2.75, 3.05) is 39.4 Å². The molecule has 1 saturated heterocycles. The molecule has 0 aliphatic carbocycles. The molecule has 0 radical (unpaired) electrons. The van der Waals surface area contributed by atoms with E-state index in [4.69, 9.17) is 9.47 Å². The van der Waals surface area contributed by atoms with Crippen LogP contribution in [0.25, 0.3) is 11.3 Å². The summed E-state index contributed by atoms with van der Waals surface area (Å²) in [5.74, 6) is 0.793. The molecule has 194 valence electrons. The Morgan fingerprint density at radius 2 is 1.68 bits per heavy atom. The van der Waals surface area contributed by atoms with Gasteiger partial charge in [0, 0.05) is 37.3 Å². The van der Waals surface area contributed by atoms with E-state index in [-0.39, 0.29) is 11.9 Å². The van der Waals surface area contributed by atoms with Crippen LogP contribution in [0, 0.1) is 6.92 Å². The molecule has 3 heterocycles. The molecule has 1 unspecified atom stereocenters. The van der Waals surface area contributed by atoms with Crippen LogP contribution in [0.4, 0.5) is 0 Å². The highest BCUT2D eigenvalue weighted by molar-refractivity contribution is 6.00. The second-order valence-corrected chi connectivity index (χ2v) is 9.93. The smallest absolute Gasteiger partial charge is 0.273 e. The maximum Gasteiger partial charge on any atom is 0.273 e. The predicted octanol–water partition coefficient (Wildman–Crippen LogP) is 4.84. The van der Waals surface area contributed by atoms with Gasteiger partial charge < -0.3 is 14.4 Å². The van der Waals surface area contributed by atoms with Crippen LogP contribution in [-0.2, 0) is 11.3 Å². The molecular formula is C31H32N4O3. The van der Waals surface area contributed by atoms with E-state index in [1.54, 1.807) is 0 Å². The number of fused-ring (bicyclic) bond motifs is 1. The van der Waals surface area contributed by atoms with Crippen LogP contribution in [0.2, 0.25) is 0 Å². The van der Waals surface area contributed by atoms with E-state index >= 15 is 0 Å². The van der Waals surface area contributed by atoms with E-state index < -0.39 is 0 Å². The van der Waals surface area contributed by atoms with Crippen molar-refractivity contribution in [2.45, 2.75) is 19.6 Å². The van der Waals surface area contributed by atoms with Gasteiger partial charge >= 0.3 is 0 Å². The summed E-state index contributed by atoms with van der Waals surface area (Å²) < 4.78 is 11.5. The molecule has 0 saturated carbocycles. The number of rotatable bonds is 8. The number of morpholine rings is 1. The standard InChI is InChI=1S/C31H32N4O3/c1-22-7-9-24(10-8-22)28-27-29(33-32-28)31(36)35(16-15-34-17-19-37-20-18-34)30(27)25-11-13-26(14-12-25)38-21-23-5-3-2-4-6-23/h2-14,30H,15-21H2,1H3,(H,32,33). The predicted molar refractivity (Wildman–Crippen MR) is 146 cm³/mol. The first kappa shape index (κ1) is 24.4. The van der Waals surface area contributed by atoms with Gasteiger partial charge in [0.25, 0.3) is 5.91 Å². The van der Waals surface area contributed by atoms with Crippen molar-refractivity contribution in [1.29, 1.82) is 0 Å². The fourth-order valence-corrected chi connectivity index (χ4v) is 5.27. The molecule has 1 fully saturated rings. The van der Waals surface area contributed by atoms with Crippen LogP contribution in [0.5, 0.6) is 5.75 Å². The van der Waals surface area contributed by atoms with Crippen molar-refractivity contribution >= 4 is 5.91 Å². The van der Waals surface area contributed by atoms with Gasteiger partial charge in [0.05, 0.1) is 24.9 Å². The molecule has 6 rings (SSSR count). The maximum absolute atomic E-state index is 13.7. The highest BCUT2D eigenvalue weighted by Gasteiger charge is 2.42. The summed E-state index contributed by atoms with van der Waals surface area (Å²) >= 11 is 0. The van der Waals surface area contributed by atoms with Gasteiger partial charge in [-0.15, -0.1) is 0 Å². The van der Waals surface area contributed by atoms with E-state index in [9.17, 15) is 4.79 Å². The molecule has 3 aromatic carbocycles. The topological polar surface area (TPSA) is 70.7 Å².